The lowest BCUT2D eigenvalue weighted by atomic mass is 9.92. The number of aromatic nitrogens is 2. The molecule has 1 saturated heterocycles. The van der Waals surface area contributed by atoms with Crippen LogP contribution in [0.4, 0.5) is 5.82 Å². The SMILES string of the molecule is Cc1ccc(-n2ncc(CN3CC(C)CC(C)C3)c2N)cc1. The van der Waals surface area contributed by atoms with Crippen LogP contribution in [-0.4, -0.2) is 27.8 Å². The van der Waals surface area contributed by atoms with Crippen molar-refractivity contribution in [1.82, 2.24) is 14.7 Å². The average Bonchev–Trinajstić information content (AvgIpc) is 2.80. The fourth-order valence-corrected chi connectivity index (χ4v) is 3.57. The second-order valence-corrected chi connectivity index (χ2v) is 6.94. The molecular formula is C18H26N4. The number of nitrogens with two attached hydrogens (primary N) is 1. The Morgan fingerprint density at radius 1 is 1.14 bits per heavy atom. The van der Waals surface area contributed by atoms with Crippen LogP contribution in [-0.2, 0) is 6.54 Å². The van der Waals surface area contributed by atoms with Gasteiger partial charge in [0.15, 0.2) is 0 Å². The number of aryl methyl sites for hydroxylation is 1. The molecule has 0 aliphatic carbocycles. The number of hydrogen-bond donors (Lipinski definition) is 1. The molecule has 0 saturated carbocycles. The Balaban J connectivity index is 1.77. The van der Waals surface area contributed by atoms with Gasteiger partial charge in [-0.05, 0) is 37.3 Å². The molecule has 3 rings (SSSR count). The zero-order valence-corrected chi connectivity index (χ0v) is 13.8. The summed E-state index contributed by atoms with van der Waals surface area (Å²) < 4.78 is 1.84. The maximum absolute atomic E-state index is 6.33. The summed E-state index contributed by atoms with van der Waals surface area (Å²) >= 11 is 0. The fraction of sp³-hybridized carbons (Fsp3) is 0.500. The van der Waals surface area contributed by atoms with Crippen LogP contribution < -0.4 is 5.73 Å². The summed E-state index contributed by atoms with van der Waals surface area (Å²) in [5, 5.41) is 4.48. The maximum Gasteiger partial charge on any atom is 0.131 e. The van der Waals surface area contributed by atoms with Gasteiger partial charge in [-0.2, -0.15) is 5.10 Å². The molecule has 2 atom stereocenters. The van der Waals surface area contributed by atoms with Crippen LogP contribution in [0.25, 0.3) is 5.69 Å². The van der Waals surface area contributed by atoms with Gasteiger partial charge in [0.2, 0.25) is 0 Å². The predicted octanol–water partition coefficient (Wildman–Crippen LogP) is 3.24. The highest BCUT2D eigenvalue weighted by Crippen LogP contribution is 2.25. The molecule has 4 nitrogen and oxygen atoms in total. The van der Waals surface area contributed by atoms with Crippen LogP contribution in [0.5, 0.6) is 0 Å². The number of rotatable bonds is 3. The first-order valence-electron chi connectivity index (χ1n) is 8.14. The molecule has 0 radical (unpaired) electrons. The molecule has 22 heavy (non-hydrogen) atoms. The monoisotopic (exact) mass is 298 g/mol. The number of anilines is 1. The first kappa shape index (κ1) is 15.1. The Morgan fingerprint density at radius 3 is 2.41 bits per heavy atom. The van der Waals surface area contributed by atoms with Gasteiger partial charge in [-0.25, -0.2) is 4.68 Å². The second-order valence-electron chi connectivity index (χ2n) is 6.94. The van der Waals surface area contributed by atoms with E-state index in [4.69, 9.17) is 5.73 Å². The number of benzene rings is 1. The minimum Gasteiger partial charge on any atom is -0.383 e. The van der Waals surface area contributed by atoms with Gasteiger partial charge in [-0.15, -0.1) is 0 Å². The summed E-state index contributed by atoms with van der Waals surface area (Å²) in [4.78, 5) is 2.51. The summed E-state index contributed by atoms with van der Waals surface area (Å²) in [6, 6.07) is 8.30. The molecule has 118 valence electrons. The normalized spacial score (nSPS) is 22.9. The zero-order chi connectivity index (χ0) is 15.7. The van der Waals surface area contributed by atoms with E-state index in [9.17, 15) is 0 Å². The van der Waals surface area contributed by atoms with E-state index in [0.717, 1.165) is 48.5 Å². The predicted molar refractivity (Wildman–Crippen MR) is 90.9 cm³/mol. The molecule has 0 spiro atoms. The zero-order valence-electron chi connectivity index (χ0n) is 13.8. The van der Waals surface area contributed by atoms with Crippen molar-refractivity contribution >= 4 is 5.82 Å². The molecule has 1 aromatic heterocycles. The molecule has 1 fully saturated rings. The number of piperidine rings is 1. The molecule has 2 N–H and O–H groups in total. The third kappa shape index (κ3) is 3.17. The minimum atomic E-state index is 0.759. The van der Waals surface area contributed by atoms with Gasteiger partial charge in [0, 0.05) is 25.2 Å². The van der Waals surface area contributed by atoms with Crippen molar-refractivity contribution in [2.24, 2.45) is 11.8 Å². The molecule has 2 unspecified atom stereocenters. The van der Waals surface area contributed by atoms with Crippen molar-refractivity contribution in [1.29, 1.82) is 0 Å². The molecule has 0 bridgehead atoms. The molecule has 1 aliphatic heterocycles. The summed E-state index contributed by atoms with van der Waals surface area (Å²) in [6.45, 7) is 9.95. The van der Waals surface area contributed by atoms with E-state index < -0.39 is 0 Å². The molecule has 1 aliphatic rings. The molecular weight excluding hydrogens is 272 g/mol. The van der Waals surface area contributed by atoms with E-state index >= 15 is 0 Å². The average molecular weight is 298 g/mol. The van der Waals surface area contributed by atoms with Crippen molar-refractivity contribution in [3.8, 4) is 5.69 Å². The van der Waals surface area contributed by atoms with Crippen LogP contribution >= 0.6 is 0 Å². The van der Waals surface area contributed by atoms with E-state index in [0.29, 0.717) is 0 Å². The van der Waals surface area contributed by atoms with Crippen molar-refractivity contribution in [3.63, 3.8) is 0 Å². The first-order valence-corrected chi connectivity index (χ1v) is 8.14. The van der Waals surface area contributed by atoms with E-state index in [1.165, 1.54) is 12.0 Å². The fourth-order valence-electron chi connectivity index (χ4n) is 3.57. The summed E-state index contributed by atoms with van der Waals surface area (Å²) in [7, 11) is 0. The van der Waals surface area contributed by atoms with Gasteiger partial charge in [-0.3, -0.25) is 4.90 Å². The van der Waals surface area contributed by atoms with Crippen molar-refractivity contribution in [2.45, 2.75) is 33.7 Å². The number of nitrogens with zero attached hydrogens (tertiary/aromatic N) is 3. The molecule has 4 heteroatoms. The third-order valence-corrected chi connectivity index (χ3v) is 4.50. The Labute approximate surface area is 132 Å². The highest BCUT2D eigenvalue weighted by atomic mass is 15.3. The van der Waals surface area contributed by atoms with Crippen LogP contribution in [0, 0.1) is 18.8 Å². The lowest BCUT2D eigenvalue weighted by Crippen LogP contribution is -2.38. The van der Waals surface area contributed by atoms with Crippen LogP contribution in [0.15, 0.2) is 30.5 Å². The first-order chi connectivity index (χ1) is 10.5. The lowest BCUT2D eigenvalue weighted by Gasteiger charge is -2.34. The van der Waals surface area contributed by atoms with Crippen molar-refractivity contribution < 1.29 is 0 Å². The topological polar surface area (TPSA) is 47.1 Å². The van der Waals surface area contributed by atoms with E-state index in [-0.39, 0.29) is 0 Å². The number of nitrogen functional groups attached to an aromatic ring is 1. The second kappa shape index (κ2) is 6.13. The Morgan fingerprint density at radius 2 is 1.77 bits per heavy atom. The van der Waals surface area contributed by atoms with Crippen LogP contribution in [0.2, 0.25) is 0 Å². The molecule has 2 aromatic rings. The molecule has 1 aromatic carbocycles. The Hall–Kier alpha value is -1.81. The van der Waals surface area contributed by atoms with E-state index in [1.54, 1.807) is 0 Å². The highest BCUT2D eigenvalue weighted by molar-refractivity contribution is 5.47. The largest absolute Gasteiger partial charge is 0.383 e. The van der Waals surface area contributed by atoms with E-state index in [2.05, 4.69) is 55.0 Å². The minimum absolute atomic E-state index is 0.759. The van der Waals surface area contributed by atoms with Crippen molar-refractivity contribution in [3.05, 3.63) is 41.6 Å². The third-order valence-electron chi connectivity index (χ3n) is 4.50. The number of likely N-dealkylation sites (tertiary alicyclic amines) is 1. The summed E-state index contributed by atoms with van der Waals surface area (Å²) in [6.07, 6.45) is 3.24. The smallest absolute Gasteiger partial charge is 0.131 e. The maximum atomic E-state index is 6.33. The standard InChI is InChI=1S/C18H26N4/c1-13-4-6-17(7-5-13)22-18(19)16(9-20-22)12-21-10-14(2)8-15(3)11-21/h4-7,9,14-15H,8,10-12,19H2,1-3H3. The lowest BCUT2D eigenvalue weighted by molar-refractivity contribution is 0.134. The van der Waals surface area contributed by atoms with Gasteiger partial charge < -0.3 is 5.73 Å². The highest BCUT2D eigenvalue weighted by Gasteiger charge is 2.23. The Kier molecular flexibility index (Phi) is 4.21. The summed E-state index contributed by atoms with van der Waals surface area (Å²) in [5.41, 5.74) is 9.72. The van der Waals surface area contributed by atoms with Gasteiger partial charge in [0.05, 0.1) is 11.9 Å². The van der Waals surface area contributed by atoms with Crippen LogP contribution in [0.3, 0.4) is 0 Å². The van der Waals surface area contributed by atoms with Gasteiger partial charge >= 0.3 is 0 Å². The van der Waals surface area contributed by atoms with E-state index in [1.807, 2.05) is 10.9 Å². The quantitative estimate of drug-likeness (QED) is 0.946. The van der Waals surface area contributed by atoms with Gasteiger partial charge in [0.1, 0.15) is 5.82 Å². The summed E-state index contributed by atoms with van der Waals surface area (Å²) in [5.74, 6) is 2.28. The van der Waals surface area contributed by atoms with Gasteiger partial charge in [-0.1, -0.05) is 31.5 Å². The van der Waals surface area contributed by atoms with Crippen molar-refractivity contribution in [2.75, 3.05) is 18.8 Å². The Bertz CT molecular complexity index is 619. The van der Waals surface area contributed by atoms with Gasteiger partial charge in [0.25, 0.3) is 0 Å². The number of hydrogen-bond acceptors (Lipinski definition) is 3. The van der Waals surface area contributed by atoms with Crippen LogP contribution in [0.1, 0.15) is 31.4 Å². The molecule has 0 amide bonds. The molecule has 2 heterocycles.